The Morgan fingerprint density at radius 3 is 2.73 bits per heavy atom. The molecule has 2 rings (SSSR count). The maximum absolute atomic E-state index is 12.8. The lowest BCUT2D eigenvalue weighted by atomic mass is 10.2. The average molecular weight is 397 g/mol. The molecule has 1 aromatic heterocycles. The Kier molecular flexibility index (Phi) is 7.47. The molecular formula is C17H21ClN4O3S. The molecule has 7 nitrogen and oxygen atoms in total. The van der Waals surface area contributed by atoms with Crippen molar-refractivity contribution >= 4 is 46.1 Å². The molecule has 0 fully saturated rings. The molecule has 140 valence electrons. The molecule has 0 aliphatic rings. The van der Waals surface area contributed by atoms with Crippen molar-refractivity contribution in [2.24, 2.45) is 0 Å². The summed E-state index contributed by atoms with van der Waals surface area (Å²) in [6.45, 7) is 3.92. The Morgan fingerprint density at radius 1 is 1.27 bits per heavy atom. The van der Waals surface area contributed by atoms with Crippen LogP contribution in [0, 0.1) is 0 Å². The van der Waals surface area contributed by atoms with Crippen LogP contribution in [0.2, 0.25) is 5.02 Å². The van der Waals surface area contributed by atoms with Gasteiger partial charge in [0.1, 0.15) is 0 Å². The largest absolute Gasteiger partial charge is 0.287 e. The lowest BCUT2D eigenvalue weighted by Gasteiger charge is -2.13. The summed E-state index contributed by atoms with van der Waals surface area (Å²) in [5.41, 5.74) is 4.87. The number of halogens is 1. The smallest absolute Gasteiger partial charge is 0.262 e. The number of nitrogens with zero attached hydrogens (tertiary/aromatic N) is 2. The number of benzene rings is 1. The van der Waals surface area contributed by atoms with E-state index in [1.165, 1.54) is 6.92 Å². The second-order valence-corrected chi connectivity index (χ2v) is 7.12. The first-order valence-corrected chi connectivity index (χ1v) is 9.67. The molecule has 26 heavy (non-hydrogen) atoms. The number of rotatable bonds is 7. The van der Waals surface area contributed by atoms with Crippen LogP contribution in [0.4, 0.5) is 0 Å². The molecule has 0 spiro atoms. The van der Waals surface area contributed by atoms with Crippen LogP contribution in [0.1, 0.15) is 33.1 Å². The van der Waals surface area contributed by atoms with Gasteiger partial charge in [0, 0.05) is 18.5 Å². The minimum Gasteiger partial charge on any atom is -0.287 e. The third-order valence-corrected chi connectivity index (χ3v) is 4.79. The molecule has 0 aliphatic heterocycles. The zero-order valence-corrected chi connectivity index (χ0v) is 16.2. The van der Waals surface area contributed by atoms with E-state index in [1.807, 2.05) is 0 Å². The first-order valence-electron chi connectivity index (χ1n) is 8.30. The average Bonchev–Trinajstić information content (AvgIpc) is 2.60. The molecule has 9 heteroatoms. The summed E-state index contributed by atoms with van der Waals surface area (Å²) in [4.78, 5) is 40.0. The minimum atomic E-state index is -0.384. The monoisotopic (exact) mass is 396 g/mol. The second-order valence-electron chi connectivity index (χ2n) is 5.74. The Bertz CT molecular complexity index is 869. The van der Waals surface area contributed by atoms with Gasteiger partial charge in [-0.25, -0.2) is 4.98 Å². The van der Waals surface area contributed by atoms with E-state index >= 15 is 0 Å². The van der Waals surface area contributed by atoms with Gasteiger partial charge in [-0.3, -0.25) is 29.8 Å². The van der Waals surface area contributed by atoms with E-state index < -0.39 is 0 Å². The van der Waals surface area contributed by atoms with E-state index in [9.17, 15) is 14.4 Å². The topological polar surface area (TPSA) is 93.1 Å². The number of hydrogen-bond donors (Lipinski definition) is 2. The number of aromatic nitrogens is 2. The highest BCUT2D eigenvalue weighted by atomic mass is 35.5. The highest BCUT2D eigenvalue weighted by Crippen LogP contribution is 2.20. The van der Waals surface area contributed by atoms with E-state index in [1.54, 1.807) is 22.8 Å². The molecule has 2 amide bonds. The number of carbonyl (C=O) groups excluding carboxylic acids is 2. The summed E-state index contributed by atoms with van der Waals surface area (Å²) in [5.74, 6) is -0.726. The van der Waals surface area contributed by atoms with Crippen LogP contribution in [0.5, 0.6) is 0 Å². The number of carbonyl (C=O) groups is 2. The second kappa shape index (κ2) is 9.59. The molecule has 1 heterocycles. The zero-order chi connectivity index (χ0) is 19.1. The van der Waals surface area contributed by atoms with Gasteiger partial charge in [-0.2, -0.15) is 0 Å². The standard InChI is InChI=1S/C17H21ClN4O3S/c1-3-4-5-8-22-16(25)13-7-6-12(18)9-14(13)19-17(22)26-10-15(24)21-20-11(2)23/h6-7,9H,3-5,8,10H2,1-2H3,(H,20,23)(H,21,24). The first-order chi connectivity index (χ1) is 12.4. The van der Waals surface area contributed by atoms with Crippen molar-refractivity contribution < 1.29 is 9.59 Å². The third kappa shape index (κ3) is 5.47. The number of unbranched alkanes of at least 4 members (excludes halogenated alkanes) is 2. The molecule has 0 radical (unpaired) electrons. The van der Waals surface area contributed by atoms with Gasteiger partial charge in [-0.15, -0.1) is 0 Å². The molecule has 0 unspecified atom stereocenters. The SMILES string of the molecule is CCCCCn1c(SCC(=O)NNC(C)=O)nc2cc(Cl)ccc2c1=O. The van der Waals surface area contributed by atoms with E-state index in [2.05, 4.69) is 22.8 Å². The third-order valence-electron chi connectivity index (χ3n) is 3.58. The van der Waals surface area contributed by atoms with Gasteiger partial charge in [0.2, 0.25) is 11.8 Å². The fourth-order valence-electron chi connectivity index (χ4n) is 2.33. The summed E-state index contributed by atoms with van der Waals surface area (Å²) < 4.78 is 1.60. The Hall–Kier alpha value is -2.06. The number of thioether (sulfide) groups is 1. The fourth-order valence-corrected chi connectivity index (χ4v) is 3.32. The van der Waals surface area contributed by atoms with Crippen molar-refractivity contribution in [3.63, 3.8) is 0 Å². The van der Waals surface area contributed by atoms with Gasteiger partial charge in [0.05, 0.1) is 16.7 Å². The molecule has 2 N–H and O–H groups in total. The van der Waals surface area contributed by atoms with Gasteiger partial charge in [-0.05, 0) is 24.6 Å². The maximum Gasteiger partial charge on any atom is 0.262 e. The zero-order valence-electron chi connectivity index (χ0n) is 14.7. The summed E-state index contributed by atoms with van der Waals surface area (Å²) in [7, 11) is 0. The van der Waals surface area contributed by atoms with Crippen LogP contribution in [-0.4, -0.2) is 27.1 Å². The van der Waals surface area contributed by atoms with Crippen molar-refractivity contribution in [2.75, 3.05) is 5.75 Å². The van der Waals surface area contributed by atoms with Crippen molar-refractivity contribution in [1.29, 1.82) is 0 Å². The van der Waals surface area contributed by atoms with Crippen LogP contribution < -0.4 is 16.4 Å². The number of hydrazine groups is 1. The van der Waals surface area contributed by atoms with Crippen LogP contribution in [0.15, 0.2) is 28.2 Å². The van der Waals surface area contributed by atoms with Gasteiger partial charge in [0.15, 0.2) is 5.16 Å². The summed E-state index contributed by atoms with van der Waals surface area (Å²) >= 11 is 7.15. The van der Waals surface area contributed by atoms with E-state index in [0.29, 0.717) is 27.6 Å². The lowest BCUT2D eigenvalue weighted by Crippen LogP contribution is -2.41. The van der Waals surface area contributed by atoms with E-state index in [0.717, 1.165) is 31.0 Å². The van der Waals surface area contributed by atoms with Gasteiger partial charge in [0.25, 0.3) is 5.56 Å². The van der Waals surface area contributed by atoms with Crippen LogP contribution in [0.3, 0.4) is 0 Å². The maximum atomic E-state index is 12.8. The number of nitrogens with one attached hydrogen (secondary N) is 2. The normalized spacial score (nSPS) is 10.7. The Labute approximate surface area is 160 Å². The Morgan fingerprint density at radius 2 is 2.04 bits per heavy atom. The quantitative estimate of drug-likeness (QED) is 0.324. The van der Waals surface area contributed by atoms with E-state index in [4.69, 9.17) is 11.6 Å². The molecule has 0 saturated heterocycles. The molecule has 0 bridgehead atoms. The van der Waals surface area contributed by atoms with Crippen LogP contribution in [0.25, 0.3) is 10.9 Å². The fraction of sp³-hybridized carbons (Fsp3) is 0.412. The van der Waals surface area contributed by atoms with Gasteiger partial charge >= 0.3 is 0 Å². The van der Waals surface area contributed by atoms with Crippen LogP contribution >= 0.6 is 23.4 Å². The molecule has 0 atom stereocenters. The number of amides is 2. The predicted molar refractivity (Wildman–Crippen MR) is 103 cm³/mol. The van der Waals surface area contributed by atoms with Crippen molar-refractivity contribution in [2.45, 2.75) is 44.8 Å². The Balaban J connectivity index is 2.28. The van der Waals surface area contributed by atoms with Crippen molar-refractivity contribution in [3.8, 4) is 0 Å². The van der Waals surface area contributed by atoms with Gasteiger partial charge < -0.3 is 0 Å². The molecule has 0 saturated carbocycles. The van der Waals surface area contributed by atoms with Crippen molar-refractivity contribution in [3.05, 3.63) is 33.6 Å². The minimum absolute atomic E-state index is 0.0204. The molecule has 1 aromatic carbocycles. The van der Waals surface area contributed by atoms with E-state index in [-0.39, 0.29) is 23.1 Å². The predicted octanol–water partition coefficient (Wildman–Crippen LogP) is 2.50. The van der Waals surface area contributed by atoms with Gasteiger partial charge in [-0.1, -0.05) is 43.1 Å². The highest BCUT2D eigenvalue weighted by Gasteiger charge is 2.13. The van der Waals surface area contributed by atoms with Crippen LogP contribution in [-0.2, 0) is 16.1 Å². The molecule has 0 aliphatic carbocycles. The first kappa shape index (κ1) is 20.3. The summed E-state index contributed by atoms with van der Waals surface area (Å²) in [5, 5.41) is 1.45. The summed E-state index contributed by atoms with van der Waals surface area (Å²) in [6, 6.07) is 4.97. The summed E-state index contributed by atoms with van der Waals surface area (Å²) in [6.07, 6.45) is 2.88. The number of hydrogen-bond acceptors (Lipinski definition) is 5. The molecule has 2 aromatic rings. The number of fused-ring (bicyclic) bond motifs is 1. The highest BCUT2D eigenvalue weighted by molar-refractivity contribution is 7.99. The lowest BCUT2D eigenvalue weighted by molar-refractivity contribution is -0.126. The van der Waals surface area contributed by atoms with Crippen molar-refractivity contribution in [1.82, 2.24) is 20.4 Å². The molecular weight excluding hydrogens is 376 g/mol.